The van der Waals surface area contributed by atoms with E-state index in [4.69, 9.17) is 5.11 Å². The van der Waals surface area contributed by atoms with Crippen LogP contribution in [0, 0.1) is 10.1 Å². The van der Waals surface area contributed by atoms with Crippen molar-refractivity contribution in [2.45, 2.75) is 12.5 Å². The Morgan fingerprint density at radius 2 is 2.40 bits per heavy atom. The molecule has 0 bridgehead atoms. The van der Waals surface area contributed by atoms with E-state index >= 15 is 0 Å². The highest BCUT2D eigenvalue weighted by molar-refractivity contribution is 5.40. The number of allylic oxidation sites excluding steroid dienone is 1. The number of aliphatic hydroxyl groups excluding tert-OH is 1. The van der Waals surface area contributed by atoms with Crippen LogP contribution in [-0.2, 0) is 0 Å². The van der Waals surface area contributed by atoms with Crippen molar-refractivity contribution in [3.8, 4) is 0 Å². The fraction of sp³-hybridized carbons (Fsp3) is 0.400. The van der Waals surface area contributed by atoms with Gasteiger partial charge in [-0.2, -0.15) is 0 Å². The Morgan fingerprint density at radius 1 is 1.60 bits per heavy atom. The van der Waals surface area contributed by atoms with E-state index in [-0.39, 0.29) is 23.3 Å². The summed E-state index contributed by atoms with van der Waals surface area (Å²) in [6.07, 6.45) is 7.71. The summed E-state index contributed by atoms with van der Waals surface area (Å²) in [6.45, 7) is 0.579. The molecule has 5 nitrogen and oxygen atoms in total. The molecule has 1 heterocycles. The Bertz CT molecular complexity index is 371. The van der Waals surface area contributed by atoms with Crippen LogP contribution in [-0.4, -0.2) is 34.1 Å². The second kappa shape index (κ2) is 3.86. The zero-order valence-corrected chi connectivity index (χ0v) is 8.17. The molecule has 80 valence electrons. The lowest BCUT2D eigenvalue weighted by Crippen LogP contribution is -2.32. The quantitative estimate of drug-likeness (QED) is 0.546. The lowest BCUT2D eigenvalue weighted by Gasteiger charge is -2.25. The summed E-state index contributed by atoms with van der Waals surface area (Å²) >= 11 is 0. The molecule has 0 radical (unpaired) electrons. The fourth-order valence-corrected chi connectivity index (χ4v) is 2.01. The van der Waals surface area contributed by atoms with Gasteiger partial charge in [-0.3, -0.25) is 10.1 Å². The molecule has 0 spiro atoms. The number of nitro groups is 1. The standard InChI is InChI=1S/C10H12N2O3/c13-7-6-11-5-4-8-9(11)2-1-3-10(8)12(14)15/h1,3-5,9,13H,2,6-7H2. The van der Waals surface area contributed by atoms with Crippen molar-refractivity contribution in [3.05, 3.63) is 45.8 Å². The van der Waals surface area contributed by atoms with Crippen LogP contribution in [0.3, 0.4) is 0 Å². The largest absolute Gasteiger partial charge is 0.395 e. The average molecular weight is 208 g/mol. The number of hydrogen-bond acceptors (Lipinski definition) is 4. The summed E-state index contributed by atoms with van der Waals surface area (Å²) in [5.74, 6) is 0. The van der Waals surface area contributed by atoms with Crippen LogP contribution in [0.15, 0.2) is 35.7 Å². The highest BCUT2D eigenvalue weighted by Crippen LogP contribution is 2.30. The molecular formula is C10H12N2O3. The van der Waals surface area contributed by atoms with E-state index in [0.717, 1.165) is 12.0 Å². The predicted octanol–water partition coefficient (Wildman–Crippen LogP) is 0.667. The van der Waals surface area contributed by atoms with E-state index in [9.17, 15) is 10.1 Å². The molecule has 1 aliphatic heterocycles. The molecule has 0 aromatic rings. The molecule has 0 saturated heterocycles. The zero-order valence-electron chi connectivity index (χ0n) is 8.17. The van der Waals surface area contributed by atoms with E-state index in [1.54, 1.807) is 12.2 Å². The lowest BCUT2D eigenvalue weighted by atomic mass is 9.98. The SMILES string of the molecule is O=[N+]([O-])C1=C2C=CN(CCO)C2CC=C1. The molecule has 1 aliphatic carbocycles. The smallest absolute Gasteiger partial charge is 0.274 e. The Kier molecular flexibility index (Phi) is 2.55. The number of β-amino-alcohol motifs (C(OH)–C–C–N with tert-alkyl or cyclic N) is 1. The molecule has 1 atom stereocenters. The predicted molar refractivity (Wildman–Crippen MR) is 54.5 cm³/mol. The molecule has 2 aliphatic rings. The number of aliphatic hydroxyl groups is 1. The van der Waals surface area contributed by atoms with E-state index in [2.05, 4.69) is 0 Å². The van der Waals surface area contributed by atoms with Crippen LogP contribution in [0.25, 0.3) is 0 Å². The second-order valence-electron chi connectivity index (χ2n) is 3.53. The molecule has 0 aromatic carbocycles. The molecule has 0 amide bonds. The number of fused-ring (bicyclic) bond motifs is 1. The van der Waals surface area contributed by atoms with E-state index in [0.29, 0.717) is 6.54 Å². The molecule has 0 saturated carbocycles. The van der Waals surface area contributed by atoms with Crippen LogP contribution in [0.1, 0.15) is 6.42 Å². The fourth-order valence-electron chi connectivity index (χ4n) is 2.01. The van der Waals surface area contributed by atoms with Gasteiger partial charge in [-0.25, -0.2) is 0 Å². The van der Waals surface area contributed by atoms with Gasteiger partial charge in [0.05, 0.1) is 23.1 Å². The van der Waals surface area contributed by atoms with Crippen LogP contribution >= 0.6 is 0 Å². The maximum Gasteiger partial charge on any atom is 0.274 e. The Morgan fingerprint density at radius 3 is 3.07 bits per heavy atom. The van der Waals surface area contributed by atoms with Crippen LogP contribution < -0.4 is 0 Å². The maximum absolute atomic E-state index is 10.8. The highest BCUT2D eigenvalue weighted by Gasteiger charge is 2.31. The van der Waals surface area contributed by atoms with Crippen LogP contribution in [0.4, 0.5) is 0 Å². The lowest BCUT2D eigenvalue weighted by molar-refractivity contribution is -0.420. The van der Waals surface area contributed by atoms with Gasteiger partial charge in [-0.1, -0.05) is 6.08 Å². The Balaban J connectivity index is 2.28. The van der Waals surface area contributed by atoms with E-state index < -0.39 is 0 Å². The Hall–Kier alpha value is -1.62. The average Bonchev–Trinajstić information content (AvgIpc) is 2.62. The van der Waals surface area contributed by atoms with E-state index in [1.165, 1.54) is 0 Å². The first-order valence-corrected chi connectivity index (χ1v) is 4.84. The maximum atomic E-state index is 10.8. The summed E-state index contributed by atoms with van der Waals surface area (Å²) in [5.41, 5.74) is 0.916. The van der Waals surface area contributed by atoms with Crippen molar-refractivity contribution in [1.29, 1.82) is 0 Å². The van der Waals surface area contributed by atoms with Gasteiger partial charge in [0.25, 0.3) is 5.70 Å². The number of nitrogens with zero attached hydrogens (tertiary/aromatic N) is 2. The topological polar surface area (TPSA) is 66.6 Å². The van der Waals surface area contributed by atoms with Gasteiger partial charge in [0, 0.05) is 18.8 Å². The normalized spacial score (nSPS) is 23.5. The van der Waals surface area contributed by atoms with Crippen molar-refractivity contribution in [2.24, 2.45) is 0 Å². The minimum Gasteiger partial charge on any atom is -0.395 e. The van der Waals surface area contributed by atoms with Gasteiger partial charge in [-0.05, 0) is 12.5 Å². The first-order valence-electron chi connectivity index (χ1n) is 4.84. The van der Waals surface area contributed by atoms with Crippen molar-refractivity contribution < 1.29 is 10.0 Å². The third kappa shape index (κ3) is 1.66. The van der Waals surface area contributed by atoms with Crippen molar-refractivity contribution in [1.82, 2.24) is 4.90 Å². The first kappa shape index (κ1) is 9.92. The summed E-state index contributed by atoms with van der Waals surface area (Å²) in [5, 5.41) is 19.6. The van der Waals surface area contributed by atoms with Gasteiger partial charge in [0.2, 0.25) is 0 Å². The molecule has 1 unspecified atom stereocenters. The third-order valence-electron chi connectivity index (χ3n) is 2.69. The summed E-state index contributed by atoms with van der Waals surface area (Å²) in [7, 11) is 0. The van der Waals surface area contributed by atoms with Gasteiger partial charge in [0.15, 0.2) is 0 Å². The van der Waals surface area contributed by atoms with Gasteiger partial charge < -0.3 is 10.0 Å². The van der Waals surface area contributed by atoms with Gasteiger partial charge in [0.1, 0.15) is 0 Å². The minimum atomic E-state index is -0.356. The highest BCUT2D eigenvalue weighted by atomic mass is 16.6. The van der Waals surface area contributed by atoms with E-state index in [1.807, 2.05) is 17.2 Å². The van der Waals surface area contributed by atoms with Crippen LogP contribution in [0.5, 0.6) is 0 Å². The Labute approximate surface area is 87.2 Å². The first-order chi connectivity index (χ1) is 7.24. The summed E-state index contributed by atoms with van der Waals surface area (Å²) in [4.78, 5) is 12.3. The third-order valence-corrected chi connectivity index (χ3v) is 2.69. The monoisotopic (exact) mass is 208 g/mol. The summed E-state index contributed by atoms with van der Waals surface area (Å²) < 4.78 is 0. The molecule has 0 fully saturated rings. The molecule has 0 aromatic heterocycles. The number of hydrogen-bond donors (Lipinski definition) is 1. The summed E-state index contributed by atoms with van der Waals surface area (Å²) in [6, 6.07) is 0.0301. The van der Waals surface area contributed by atoms with Gasteiger partial charge in [-0.15, -0.1) is 0 Å². The molecular weight excluding hydrogens is 196 g/mol. The van der Waals surface area contributed by atoms with Crippen molar-refractivity contribution in [2.75, 3.05) is 13.2 Å². The van der Waals surface area contributed by atoms with Crippen molar-refractivity contribution in [3.63, 3.8) is 0 Å². The molecule has 1 N–H and O–H groups in total. The second-order valence-corrected chi connectivity index (χ2v) is 3.53. The van der Waals surface area contributed by atoms with Crippen LogP contribution in [0.2, 0.25) is 0 Å². The van der Waals surface area contributed by atoms with Gasteiger partial charge >= 0.3 is 0 Å². The zero-order chi connectivity index (χ0) is 10.8. The number of rotatable bonds is 3. The molecule has 15 heavy (non-hydrogen) atoms. The molecule has 2 rings (SSSR count). The minimum absolute atomic E-state index is 0.0301. The molecule has 5 heteroatoms. The van der Waals surface area contributed by atoms with Crippen molar-refractivity contribution >= 4 is 0 Å².